The Morgan fingerprint density at radius 2 is 2.05 bits per heavy atom. The summed E-state index contributed by atoms with van der Waals surface area (Å²) in [6.07, 6.45) is 0.352. The summed E-state index contributed by atoms with van der Waals surface area (Å²) in [7, 11) is 0. The minimum atomic E-state index is -0.196. The number of Topliss-reactive ketones (excluding diaryl/α,β-unsaturated/α-hetero) is 1. The van der Waals surface area contributed by atoms with Crippen LogP contribution in [-0.4, -0.2) is 16.8 Å². The van der Waals surface area contributed by atoms with E-state index in [1.54, 1.807) is 12.1 Å². The van der Waals surface area contributed by atoms with Crippen molar-refractivity contribution in [2.75, 3.05) is 5.32 Å². The lowest BCUT2D eigenvalue weighted by molar-refractivity contribution is -0.116. The zero-order valence-corrected chi connectivity index (χ0v) is 12.6. The van der Waals surface area contributed by atoms with E-state index in [2.05, 4.69) is 5.32 Å². The Morgan fingerprint density at radius 3 is 2.71 bits per heavy atom. The fourth-order valence-corrected chi connectivity index (χ4v) is 2.60. The highest BCUT2D eigenvalue weighted by Crippen LogP contribution is 2.18. The van der Waals surface area contributed by atoms with Crippen LogP contribution in [0.2, 0.25) is 0 Å². The van der Waals surface area contributed by atoms with Crippen molar-refractivity contribution in [3.8, 4) is 0 Å². The van der Waals surface area contributed by atoms with Gasteiger partial charge in [-0.05, 0) is 35.6 Å². The molecule has 21 heavy (non-hydrogen) atoms. The summed E-state index contributed by atoms with van der Waals surface area (Å²) in [6, 6.07) is 8.99. The topological polar surface area (TPSA) is 66.4 Å². The fourth-order valence-electron chi connectivity index (χ4n) is 1.90. The van der Waals surface area contributed by atoms with Crippen LogP contribution in [0, 0.1) is 6.92 Å². The lowest BCUT2D eigenvalue weighted by Crippen LogP contribution is -2.14. The van der Waals surface area contributed by atoms with Crippen molar-refractivity contribution in [3.05, 3.63) is 51.7 Å². The Hall–Kier alpha value is -1.98. The van der Waals surface area contributed by atoms with E-state index in [-0.39, 0.29) is 31.1 Å². The normalized spacial score (nSPS) is 10.4. The summed E-state index contributed by atoms with van der Waals surface area (Å²) in [5.74, 6) is -0.209. The highest BCUT2D eigenvalue weighted by molar-refractivity contribution is 7.12. The predicted molar refractivity (Wildman–Crippen MR) is 83.6 cm³/mol. The number of ketones is 1. The van der Waals surface area contributed by atoms with Crippen LogP contribution in [0.3, 0.4) is 0 Å². The monoisotopic (exact) mass is 303 g/mol. The van der Waals surface area contributed by atoms with Crippen molar-refractivity contribution in [2.24, 2.45) is 0 Å². The molecule has 0 fully saturated rings. The van der Waals surface area contributed by atoms with Gasteiger partial charge in [0.1, 0.15) is 0 Å². The molecule has 1 aromatic heterocycles. The summed E-state index contributed by atoms with van der Waals surface area (Å²) in [4.78, 5) is 24.4. The third-order valence-electron chi connectivity index (χ3n) is 3.13. The van der Waals surface area contributed by atoms with Crippen molar-refractivity contribution in [2.45, 2.75) is 26.4 Å². The number of rotatable bonds is 6. The van der Waals surface area contributed by atoms with E-state index in [0.29, 0.717) is 10.6 Å². The SMILES string of the molecule is Cc1ccc(CO)cc1NC(=O)CCC(=O)c1cccs1. The zero-order valence-electron chi connectivity index (χ0n) is 11.8. The Kier molecular flexibility index (Phi) is 5.25. The molecule has 0 spiro atoms. The van der Waals surface area contributed by atoms with Gasteiger partial charge in [0.15, 0.2) is 5.78 Å². The van der Waals surface area contributed by atoms with Gasteiger partial charge in [0, 0.05) is 18.5 Å². The van der Waals surface area contributed by atoms with E-state index in [0.717, 1.165) is 11.1 Å². The molecular weight excluding hydrogens is 286 g/mol. The molecule has 0 aliphatic rings. The third-order valence-corrected chi connectivity index (χ3v) is 4.04. The number of aliphatic hydroxyl groups excluding tert-OH is 1. The number of aliphatic hydroxyl groups is 1. The molecule has 0 aliphatic carbocycles. The van der Waals surface area contributed by atoms with Crippen LogP contribution in [0.5, 0.6) is 0 Å². The van der Waals surface area contributed by atoms with Gasteiger partial charge >= 0.3 is 0 Å². The first kappa shape index (κ1) is 15.4. The number of carbonyl (C=O) groups excluding carboxylic acids is 2. The number of amides is 1. The summed E-state index contributed by atoms with van der Waals surface area (Å²) < 4.78 is 0. The summed E-state index contributed by atoms with van der Waals surface area (Å²) >= 11 is 1.39. The molecular formula is C16H17NO3S. The van der Waals surface area contributed by atoms with Crippen molar-refractivity contribution >= 4 is 28.7 Å². The predicted octanol–water partition coefficient (Wildman–Crippen LogP) is 3.15. The first-order chi connectivity index (χ1) is 10.1. The van der Waals surface area contributed by atoms with Gasteiger partial charge in [0.25, 0.3) is 0 Å². The minimum Gasteiger partial charge on any atom is -0.392 e. The molecule has 110 valence electrons. The first-order valence-electron chi connectivity index (χ1n) is 6.67. The molecule has 0 saturated heterocycles. The lowest BCUT2D eigenvalue weighted by atomic mass is 10.1. The molecule has 2 N–H and O–H groups in total. The number of benzene rings is 1. The molecule has 2 aromatic rings. The van der Waals surface area contributed by atoms with Crippen LogP contribution in [-0.2, 0) is 11.4 Å². The van der Waals surface area contributed by atoms with Crippen LogP contribution in [0.15, 0.2) is 35.7 Å². The van der Waals surface area contributed by atoms with Gasteiger partial charge in [-0.15, -0.1) is 11.3 Å². The smallest absolute Gasteiger partial charge is 0.224 e. The maximum absolute atomic E-state index is 11.9. The number of carbonyl (C=O) groups is 2. The number of nitrogens with one attached hydrogen (secondary N) is 1. The van der Waals surface area contributed by atoms with Gasteiger partial charge in [0.2, 0.25) is 5.91 Å². The number of hydrogen-bond acceptors (Lipinski definition) is 4. The number of aryl methyl sites for hydroxylation is 1. The molecule has 0 atom stereocenters. The summed E-state index contributed by atoms with van der Waals surface area (Å²) in [5, 5.41) is 13.7. The van der Waals surface area contributed by atoms with Crippen LogP contribution in [0.4, 0.5) is 5.69 Å². The van der Waals surface area contributed by atoms with E-state index in [1.807, 2.05) is 30.5 Å². The maximum atomic E-state index is 11.9. The molecule has 0 aliphatic heterocycles. The first-order valence-corrected chi connectivity index (χ1v) is 7.55. The average Bonchev–Trinajstić information content (AvgIpc) is 3.01. The fraction of sp³-hybridized carbons (Fsp3) is 0.250. The average molecular weight is 303 g/mol. The lowest BCUT2D eigenvalue weighted by Gasteiger charge is -2.09. The Bertz CT molecular complexity index is 635. The van der Waals surface area contributed by atoms with Crippen molar-refractivity contribution in [1.82, 2.24) is 0 Å². The molecule has 4 nitrogen and oxygen atoms in total. The van der Waals surface area contributed by atoms with Crippen LogP contribution in [0.25, 0.3) is 0 Å². The second-order valence-corrected chi connectivity index (χ2v) is 5.70. The highest BCUT2D eigenvalue weighted by Gasteiger charge is 2.11. The zero-order chi connectivity index (χ0) is 15.2. The van der Waals surface area contributed by atoms with Gasteiger partial charge in [-0.3, -0.25) is 9.59 Å². The molecule has 0 unspecified atom stereocenters. The van der Waals surface area contributed by atoms with Gasteiger partial charge in [-0.25, -0.2) is 0 Å². The van der Waals surface area contributed by atoms with Crippen LogP contribution < -0.4 is 5.32 Å². The van der Waals surface area contributed by atoms with Gasteiger partial charge in [-0.1, -0.05) is 18.2 Å². The van der Waals surface area contributed by atoms with Crippen molar-refractivity contribution in [3.63, 3.8) is 0 Å². The minimum absolute atomic E-state index is 0.0130. The van der Waals surface area contributed by atoms with E-state index >= 15 is 0 Å². The van der Waals surface area contributed by atoms with Gasteiger partial charge in [-0.2, -0.15) is 0 Å². The standard InChI is InChI=1S/C16H17NO3S/c1-11-4-5-12(10-18)9-13(11)17-16(20)7-6-14(19)15-3-2-8-21-15/h2-5,8-9,18H,6-7,10H2,1H3,(H,17,20). The van der Waals surface area contributed by atoms with Gasteiger partial charge < -0.3 is 10.4 Å². The molecule has 5 heteroatoms. The van der Waals surface area contributed by atoms with E-state index < -0.39 is 0 Å². The van der Waals surface area contributed by atoms with Crippen LogP contribution in [0.1, 0.15) is 33.6 Å². The summed E-state index contributed by atoms with van der Waals surface area (Å²) in [5.41, 5.74) is 2.34. The molecule has 0 bridgehead atoms. The number of thiophene rings is 1. The Morgan fingerprint density at radius 1 is 1.24 bits per heavy atom. The second-order valence-electron chi connectivity index (χ2n) is 4.76. The highest BCUT2D eigenvalue weighted by atomic mass is 32.1. The molecule has 0 saturated carbocycles. The molecule has 1 amide bonds. The second kappa shape index (κ2) is 7.15. The largest absolute Gasteiger partial charge is 0.392 e. The van der Waals surface area contributed by atoms with Crippen LogP contribution >= 0.6 is 11.3 Å². The maximum Gasteiger partial charge on any atom is 0.224 e. The quantitative estimate of drug-likeness (QED) is 0.806. The number of anilines is 1. The Labute approximate surface area is 127 Å². The molecule has 0 radical (unpaired) electrons. The van der Waals surface area contributed by atoms with E-state index in [9.17, 15) is 9.59 Å². The summed E-state index contributed by atoms with van der Waals surface area (Å²) in [6.45, 7) is 1.81. The van der Waals surface area contributed by atoms with E-state index in [1.165, 1.54) is 11.3 Å². The Balaban J connectivity index is 1.91. The van der Waals surface area contributed by atoms with Gasteiger partial charge in [0.05, 0.1) is 11.5 Å². The molecule has 1 heterocycles. The molecule has 1 aromatic carbocycles. The third kappa shape index (κ3) is 4.24. The number of hydrogen-bond donors (Lipinski definition) is 2. The van der Waals surface area contributed by atoms with E-state index in [4.69, 9.17) is 5.11 Å². The van der Waals surface area contributed by atoms with Crippen molar-refractivity contribution < 1.29 is 14.7 Å². The molecule has 2 rings (SSSR count). The van der Waals surface area contributed by atoms with Crippen molar-refractivity contribution in [1.29, 1.82) is 0 Å².